The Morgan fingerprint density at radius 2 is 1.83 bits per heavy atom. The van der Waals surface area contributed by atoms with Crippen LogP contribution in [0.2, 0.25) is 0 Å². The molecular weight excluding hydrogens is 220 g/mol. The number of hydrogen-bond acceptors (Lipinski definition) is 2. The molecule has 2 heterocycles. The van der Waals surface area contributed by atoms with Crippen molar-refractivity contribution in [3.05, 3.63) is 35.9 Å². The third-order valence-electron chi connectivity index (χ3n) is 5.25. The predicted octanol–water partition coefficient (Wildman–Crippen LogP) is 2.23. The topological polar surface area (TPSA) is 15.3 Å². The van der Waals surface area contributed by atoms with Gasteiger partial charge in [0.25, 0.3) is 0 Å². The van der Waals surface area contributed by atoms with Crippen molar-refractivity contribution in [1.82, 2.24) is 10.2 Å². The highest BCUT2D eigenvalue weighted by molar-refractivity contribution is 5.27. The zero-order valence-electron chi connectivity index (χ0n) is 10.9. The number of nitrogens with zero attached hydrogens (tertiary/aromatic N) is 1. The molecule has 3 aliphatic rings. The molecule has 4 atom stereocenters. The summed E-state index contributed by atoms with van der Waals surface area (Å²) < 4.78 is 0. The van der Waals surface area contributed by atoms with Gasteiger partial charge in [-0.25, -0.2) is 0 Å². The molecule has 2 nitrogen and oxygen atoms in total. The van der Waals surface area contributed by atoms with E-state index in [2.05, 4.69) is 40.5 Å². The fraction of sp³-hybridized carbons (Fsp3) is 0.625. The van der Waals surface area contributed by atoms with Crippen molar-refractivity contribution in [2.45, 2.75) is 37.3 Å². The summed E-state index contributed by atoms with van der Waals surface area (Å²) in [5.74, 6) is 1.63. The lowest BCUT2D eigenvalue weighted by molar-refractivity contribution is 0.214. The van der Waals surface area contributed by atoms with Gasteiger partial charge in [0.1, 0.15) is 0 Å². The van der Waals surface area contributed by atoms with E-state index in [4.69, 9.17) is 0 Å². The normalized spacial score (nSPS) is 39.6. The SMILES string of the molecule is c1ccc([C@H]2C[C@@H]3CN[C@H]2[C@@H]3N2CCCC2)cc1. The molecule has 18 heavy (non-hydrogen) atoms. The lowest BCUT2D eigenvalue weighted by atomic mass is 9.91. The van der Waals surface area contributed by atoms with Crippen molar-refractivity contribution < 1.29 is 0 Å². The smallest absolute Gasteiger partial charge is 0.0295 e. The van der Waals surface area contributed by atoms with Crippen molar-refractivity contribution >= 4 is 0 Å². The second kappa shape index (κ2) is 4.36. The Balaban J connectivity index is 1.59. The Morgan fingerprint density at radius 1 is 1.06 bits per heavy atom. The molecule has 2 saturated heterocycles. The van der Waals surface area contributed by atoms with Crippen LogP contribution in [-0.2, 0) is 0 Å². The van der Waals surface area contributed by atoms with Crippen LogP contribution in [0.3, 0.4) is 0 Å². The highest BCUT2D eigenvalue weighted by Crippen LogP contribution is 2.45. The Bertz CT molecular complexity index is 410. The molecule has 1 aromatic carbocycles. The minimum Gasteiger partial charge on any atom is -0.311 e. The molecular formula is C16H22N2. The van der Waals surface area contributed by atoms with Crippen LogP contribution in [-0.4, -0.2) is 36.6 Å². The van der Waals surface area contributed by atoms with Crippen molar-refractivity contribution in [1.29, 1.82) is 0 Å². The molecule has 0 amide bonds. The van der Waals surface area contributed by atoms with Crippen LogP contribution in [0.1, 0.15) is 30.7 Å². The summed E-state index contributed by atoms with van der Waals surface area (Å²) in [4.78, 5) is 2.76. The monoisotopic (exact) mass is 242 g/mol. The number of fused-ring (bicyclic) bond motifs is 2. The van der Waals surface area contributed by atoms with Gasteiger partial charge in [-0.2, -0.15) is 0 Å². The van der Waals surface area contributed by atoms with E-state index in [1.54, 1.807) is 5.56 Å². The molecule has 0 aromatic heterocycles. The number of likely N-dealkylation sites (tertiary alicyclic amines) is 1. The quantitative estimate of drug-likeness (QED) is 0.855. The molecule has 1 saturated carbocycles. The van der Waals surface area contributed by atoms with Gasteiger partial charge in [0, 0.05) is 18.0 Å². The van der Waals surface area contributed by atoms with Crippen LogP contribution in [0, 0.1) is 5.92 Å². The van der Waals surface area contributed by atoms with E-state index in [0.717, 1.165) is 17.9 Å². The minimum atomic E-state index is 0.704. The Morgan fingerprint density at radius 3 is 2.61 bits per heavy atom. The van der Waals surface area contributed by atoms with E-state index in [0.29, 0.717) is 6.04 Å². The van der Waals surface area contributed by atoms with Gasteiger partial charge in [-0.3, -0.25) is 4.90 Å². The number of nitrogens with one attached hydrogen (secondary N) is 1. The first-order valence-corrected chi connectivity index (χ1v) is 7.46. The molecule has 2 aliphatic heterocycles. The lowest BCUT2D eigenvalue weighted by Gasteiger charge is -2.28. The maximum absolute atomic E-state index is 3.79. The van der Waals surface area contributed by atoms with E-state index in [1.807, 2.05) is 0 Å². The first kappa shape index (κ1) is 11.0. The number of hydrogen-bond donors (Lipinski definition) is 1. The van der Waals surface area contributed by atoms with Gasteiger partial charge in [0.15, 0.2) is 0 Å². The zero-order valence-corrected chi connectivity index (χ0v) is 10.9. The van der Waals surface area contributed by atoms with Gasteiger partial charge in [-0.15, -0.1) is 0 Å². The summed E-state index contributed by atoms with van der Waals surface area (Å²) in [6, 6.07) is 12.6. The van der Waals surface area contributed by atoms with Crippen LogP contribution >= 0.6 is 0 Å². The van der Waals surface area contributed by atoms with Gasteiger partial charge < -0.3 is 5.32 Å². The summed E-state index contributed by atoms with van der Waals surface area (Å²) in [5, 5.41) is 3.79. The van der Waals surface area contributed by atoms with Gasteiger partial charge in [0.05, 0.1) is 0 Å². The van der Waals surface area contributed by atoms with Crippen LogP contribution < -0.4 is 5.32 Å². The maximum atomic E-state index is 3.79. The average Bonchev–Trinajstić information content (AvgIpc) is 3.13. The van der Waals surface area contributed by atoms with Crippen molar-refractivity contribution in [3.8, 4) is 0 Å². The second-order valence-electron chi connectivity index (χ2n) is 6.18. The zero-order chi connectivity index (χ0) is 11.9. The summed E-state index contributed by atoms with van der Waals surface area (Å²) in [6.45, 7) is 3.91. The van der Waals surface area contributed by atoms with Gasteiger partial charge in [0.2, 0.25) is 0 Å². The standard InChI is InChI=1S/C16H22N2/c1-2-6-12(7-3-1)14-10-13-11-17-15(14)16(13)18-8-4-5-9-18/h1-3,6-7,13-17H,4-5,8-11H2/t13-,14-,15-,16-/m1/s1. The number of piperidine rings is 1. The Hall–Kier alpha value is -0.860. The van der Waals surface area contributed by atoms with E-state index in [-0.39, 0.29) is 0 Å². The predicted molar refractivity (Wildman–Crippen MR) is 73.7 cm³/mol. The van der Waals surface area contributed by atoms with Crippen LogP contribution in [0.5, 0.6) is 0 Å². The van der Waals surface area contributed by atoms with E-state index in [9.17, 15) is 0 Å². The minimum absolute atomic E-state index is 0.704. The molecule has 2 heteroatoms. The molecule has 0 unspecified atom stereocenters. The molecule has 3 fully saturated rings. The fourth-order valence-corrected chi connectivity index (χ4v) is 4.51. The Kier molecular flexibility index (Phi) is 2.66. The van der Waals surface area contributed by atoms with E-state index in [1.165, 1.54) is 38.9 Å². The van der Waals surface area contributed by atoms with Gasteiger partial charge in [-0.1, -0.05) is 30.3 Å². The van der Waals surface area contributed by atoms with Crippen molar-refractivity contribution in [2.75, 3.05) is 19.6 Å². The van der Waals surface area contributed by atoms with Crippen molar-refractivity contribution in [2.24, 2.45) is 5.92 Å². The average molecular weight is 242 g/mol. The van der Waals surface area contributed by atoms with E-state index >= 15 is 0 Å². The molecule has 4 rings (SSSR count). The molecule has 0 radical (unpaired) electrons. The lowest BCUT2D eigenvalue weighted by Crippen LogP contribution is -2.43. The summed E-state index contributed by atoms with van der Waals surface area (Å²) in [7, 11) is 0. The molecule has 96 valence electrons. The molecule has 1 N–H and O–H groups in total. The molecule has 1 aromatic rings. The first-order chi connectivity index (χ1) is 8.93. The van der Waals surface area contributed by atoms with Gasteiger partial charge >= 0.3 is 0 Å². The number of rotatable bonds is 2. The van der Waals surface area contributed by atoms with Crippen LogP contribution in [0.15, 0.2) is 30.3 Å². The largest absolute Gasteiger partial charge is 0.311 e. The molecule has 1 aliphatic carbocycles. The highest BCUT2D eigenvalue weighted by atomic mass is 15.2. The third kappa shape index (κ3) is 1.63. The van der Waals surface area contributed by atoms with Crippen LogP contribution in [0.25, 0.3) is 0 Å². The second-order valence-corrected chi connectivity index (χ2v) is 6.18. The third-order valence-corrected chi connectivity index (χ3v) is 5.25. The fourth-order valence-electron chi connectivity index (χ4n) is 4.51. The van der Waals surface area contributed by atoms with E-state index < -0.39 is 0 Å². The van der Waals surface area contributed by atoms with Gasteiger partial charge in [-0.05, 0) is 50.4 Å². The van der Waals surface area contributed by atoms with Crippen molar-refractivity contribution in [3.63, 3.8) is 0 Å². The summed E-state index contributed by atoms with van der Waals surface area (Å²) in [5.41, 5.74) is 1.54. The van der Waals surface area contributed by atoms with Crippen LogP contribution in [0.4, 0.5) is 0 Å². The number of benzene rings is 1. The maximum Gasteiger partial charge on any atom is 0.0295 e. The first-order valence-electron chi connectivity index (χ1n) is 7.46. The molecule has 2 bridgehead atoms. The summed E-state index contributed by atoms with van der Waals surface area (Å²) in [6.07, 6.45) is 4.21. The summed E-state index contributed by atoms with van der Waals surface area (Å²) >= 11 is 0. The molecule has 0 spiro atoms. The Labute approximate surface area is 109 Å². The highest BCUT2D eigenvalue weighted by Gasteiger charge is 2.50.